The van der Waals surface area contributed by atoms with Gasteiger partial charge in [0, 0.05) is 63.7 Å². The van der Waals surface area contributed by atoms with Crippen LogP contribution in [0.15, 0.2) is 24.5 Å². The van der Waals surface area contributed by atoms with E-state index in [9.17, 15) is 0 Å². The third-order valence-corrected chi connectivity index (χ3v) is 6.27. The Morgan fingerprint density at radius 1 is 1.24 bits per heavy atom. The highest BCUT2D eigenvalue weighted by atomic mass is 16.5. The van der Waals surface area contributed by atoms with Gasteiger partial charge in [-0.1, -0.05) is 13.0 Å². The summed E-state index contributed by atoms with van der Waals surface area (Å²) in [4.78, 5) is 9.50. The van der Waals surface area contributed by atoms with Gasteiger partial charge in [0.05, 0.1) is 19.8 Å². The normalized spacial score (nSPS) is 34.6. The molecule has 25 heavy (non-hydrogen) atoms. The molecule has 0 N–H and O–H groups in total. The van der Waals surface area contributed by atoms with Gasteiger partial charge in [0.1, 0.15) is 0 Å². The molecule has 3 aliphatic rings. The molecular weight excluding hydrogens is 314 g/mol. The van der Waals surface area contributed by atoms with Crippen LogP contribution in [0, 0.1) is 17.3 Å². The fraction of sp³-hybridized carbons (Fsp3) is 0.750. The van der Waals surface area contributed by atoms with E-state index in [1.54, 1.807) is 0 Å². The van der Waals surface area contributed by atoms with Gasteiger partial charge < -0.3 is 9.47 Å². The van der Waals surface area contributed by atoms with Gasteiger partial charge in [0.15, 0.2) is 0 Å². The fourth-order valence-electron chi connectivity index (χ4n) is 4.80. The van der Waals surface area contributed by atoms with Gasteiger partial charge in [-0.05, 0) is 29.9 Å². The van der Waals surface area contributed by atoms with Gasteiger partial charge >= 0.3 is 0 Å². The van der Waals surface area contributed by atoms with Crippen LogP contribution in [0.2, 0.25) is 0 Å². The van der Waals surface area contributed by atoms with E-state index < -0.39 is 0 Å². The van der Waals surface area contributed by atoms with Gasteiger partial charge in [-0.2, -0.15) is 0 Å². The standard InChI is InChI=1S/C20H31N3O2/c1-17-10-23(11-18-3-2-5-21-9-18)15-20(17)14-22(6-8-25-16-20)12-19-4-7-24-13-19/h2-3,5,9,17,19H,4,6-8,10-16H2,1H3/t17-,19?,20-/m1/s1. The Bertz CT molecular complexity index is 549. The second-order valence-electron chi connectivity index (χ2n) is 8.31. The van der Waals surface area contributed by atoms with Gasteiger partial charge in [0.2, 0.25) is 0 Å². The predicted octanol–water partition coefficient (Wildman–Crippen LogP) is 1.89. The Labute approximate surface area is 151 Å². The van der Waals surface area contributed by atoms with E-state index in [4.69, 9.17) is 9.47 Å². The van der Waals surface area contributed by atoms with Crippen LogP contribution in [-0.4, -0.2) is 73.9 Å². The van der Waals surface area contributed by atoms with Crippen LogP contribution < -0.4 is 0 Å². The number of rotatable bonds is 4. The molecule has 0 aromatic carbocycles. The van der Waals surface area contributed by atoms with E-state index in [1.165, 1.54) is 18.5 Å². The van der Waals surface area contributed by atoms with Crippen molar-refractivity contribution in [2.75, 3.05) is 59.2 Å². The molecule has 3 atom stereocenters. The minimum atomic E-state index is 0.262. The quantitative estimate of drug-likeness (QED) is 0.833. The smallest absolute Gasteiger partial charge is 0.0593 e. The number of nitrogens with zero attached hydrogens (tertiary/aromatic N) is 3. The Balaban J connectivity index is 1.41. The molecular formula is C20H31N3O2. The molecule has 5 heteroatoms. The summed E-state index contributed by atoms with van der Waals surface area (Å²) in [7, 11) is 0. The van der Waals surface area contributed by atoms with E-state index in [0.717, 1.165) is 59.2 Å². The van der Waals surface area contributed by atoms with Crippen LogP contribution >= 0.6 is 0 Å². The molecule has 1 aromatic heterocycles. The third-order valence-electron chi connectivity index (χ3n) is 6.27. The lowest BCUT2D eigenvalue weighted by molar-refractivity contribution is 0.0494. The molecule has 0 saturated carbocycles. The van der Waals surface area contributed by atoms with Crippen molar-refractivity contribution in [3.05, 3.63) is 30.1 Å². The molecule has 3 fully saturated rings. The van der Waals surface area contributed by atoms with E-state index in [2.05, 4.69) is 27.8 Å². The maximum absolute atomic E-state index is 6.08. The van der Waals surface area contributed by atoms with Crippen molar-refractivity contribution < 1.29 is 9.47 Å². The molecule has 1 unspecified atom stereocenters. The summed E-state index contributed by atoms with van der Waals surface area (Å²) in [6.07, 6.45) is 5.06. The summed E-state index contributed by atoms with van der Waals surface area (Å²) in [6, 6.07) is 4.21. The zero-order chi connectivity index (χ0) is 17.1. The zero-order valence-corrected chi connectivity index (χ0v) is 15.4. The predicted molar refractivity (Wildman–Crippen MR) is 97.3 cm³/mol. The lowest BCUT2D eigenvalue weighted by atomic mass is 9.79. The Kier molecular flexibility index (Phi) is 5.36. The second-order valence-corrected chi connectivity index (χ2v) is 8.31. The maximum atomic E-state index is 6.08. The van der Waals surface area contributed by atoms with Gasteiger partial charge in [-0.25, -0.2) is 0 Å². The SMILES string of the molecule is C[C@@H]1CN(Cc2cccnc2)C[C@]12COCCN(CC1CCOC1)C2. The number of aromatic nitrogens is 1. The first-order chi connectivity index (χ1) is 12.2. The van der Waals surface area contributed by atoms with E-state index >= 15 is 0 Å². The minimum Gasteiger partial charge on any atom is -0.381 e. The Morgan fingerprint density at radius 3 is 2.96 bits per heavy atom. The molecule has 0 amide bonds. The minimum absolute atomic E-state index is 0.262. The monoisotopic (exact) mass is 345 g/mol. The van der Waals surface area contributed by atoms with Crippen molar-refractivity contribution in [3.63, 3.8) is 0 Å². The van der Waals surface area contributed by atoms with Crippen LogP contribution in [-0.2, 0) is 16.0 Å². The zero-order valence-electron chi connectivity index (χ0n) is 15.4. The second kappa shape index (κ2) is 7.70. The molecule has 138 valence electrons. The van der Waals surface area contributed by atoms with Crippen molar-refractivity contribution in [2.45, 2.75) is 19.9 Å². The van der Waals surface area contributed by atoms with Crippen molar-refractivity contribution in [1.82, 2.24) is 14.8 Å². The summed E-state index contributed by atoms with van der Waals surface area (Å²) in [5, 5.41) is 0. The number of hydrogen-bond acceptors (Lipinski definition) is 5. The highest BCUT2D eigenvalue weighted by Gasteiger charge is 2.46. The first-order valence-electron chi connectivity index (χ1n) is 9.73. The van der Waals surface area contributed by atoms with Crippen LogP contribution in [0.25, 0.3) is 0 Å². The molecule has 5 nitrogen and oxygen atoms in total. The van der Waals surface area contributed by atoms with Gasteiger partial charge in [-0.15, -0.1) is 0 Å². The number of likely N-dealkylation sites (tertiary alicyclic amines) is 1. The van der Waals surface area contributed by atoms with Crippen LogP contribution in [0.4, 0.5) is 0 Å². The molecule has 0 bridgehead atoms. The summed E-state index contributed by atoms with van der Waals surface area (Å²) < 4.78 is 11.7. The van der Waals surface area contributed by atoms with Crippen molar-refractivity contribution in [2.24, 2.45) is 17.3 Å². The highest BCUT2D eigenvalue weighted by molar-refractivity contribution is 5.09. The summed E-state index contributed by atoms with van der Waals surface area (Å²) >= 11 is 0. The molecule has 1 aromatic rings. The highest BCUT2D eigenvalue weighted by Crippen LogP contribution is 2.39. The van der Waals surface area contributed by atoms with Crippen molar-refractivity contribution in [1.29, 1.82) is 0 Å². The topological polar surface area (TPSA) is 37.8 Å². The molecule has 3 saturated heterocycles. The lowest BCUT2D eigenvalue weighted by Crippen LogP contribution is -2.45. The molecule has 0 radical (unpaired) electrons. The lowest BCUT2D eigenvalue weighted by Gasteiger charge is -2.36. The molecule has 1 spiro atoms. The van der Waals surface area contributed by atoms with Gasteiger partial charge in [0.25, 0.3) is 0 Å². The average Bonchev–Trinajstić information content (AvgIpc) is 3.15. The molecule has 3 aliphatic heterocycles. The molecule has 0 aliphatic carbocycles. The molecule has 4 rings (SSSR count). The fourth-order valence-corrected chi connectivity index (χ4v) is 4.80. The third kappa shape index (κ3) is 4.05. The van der Waals surface area contributed by atoms with Crippen molar-refractivity contribution in [3.8, 4) is 0 Å². The number of pyridine rings is 1. The van der Waals surface area contributed by atoms with E-state index in [-0.39, 0.29) is 5.41 Å². The summed E-state index contributed by atoms with van der Waals surface area (Å²) in [5.41, 5.74) is 1.57. The van der Waals surface area contributed by atoms with Crippen LogP contribution in [0.5, 0.6) is 0 Å². The number of ether oxygens (including phenoxy) is 2. The number of hydrogen-bond donors (Lipinski definition) is 0. The maximum Gasteiger partial charge on any atom is 0.0593 e. The van der Waals surface area contributed by atoms with Crippen LogP contribution in [0.1, 0.15) is 18.9 Å². The molecule has 4 heterocycles. The van der Waals surface area contributed by atoms with Crippen molar-refractivity contribution >= 4 is 0 Å². The van der Waals surface area contributed by atoms with Crippen LogP contribution in [0.3, 0.4) is 0 Å². The first-order valence-corrected chi connectivity index (χ1v) is 9.73. The van der Waals surface area contributed by atoms with E-state index in [1.807, 2.05) is 18.5 Å². The average molecular weight is 345 g/mol. The van der Waals surface area contributed by atoms with E-state index in [0.29, 0.717) is 11.8 Å². The summed E-state index contributed by atoms with van der Waals surface area (Å²) in [5.74, 6) is 1.36. The Morgan fingerprint density at radius 2 is 2.16 bits per heavy atom. The van der Waals surface area contributed by atoms with Gasteiger partial charge in [-0.3, -0.25) is 14.8 Å². The first kappa shape index (κ1) is 17.4. The largest absolute Gasteiger partial charge is 0.381 e. The Hall–Kier alpha value is -1.01. The summed E-state index contributed by atoms with van der Waals surface area (Å²) in [6.45, 7) is 12.7.